The molecule has 2 aromatic rings. The van der Waals surface area contributed by atoms with Crippen LogP contribution in [-0.2, 0) is 10.7 Å². The summed E-state index contributed by atoms with van der Waals surface area (Å²) in [5, 5.41) is 1.07. The first-order chi connectivity index (χ1) is 6.27. The van der Waals surface area contributed by atoms with Crippen LogP contribution in [0.1, 0.15) is 0 Å². The van der Waals surface area contributed by atoms with Gasteiger partial charge in [-0.3, -0.25) is 0 Å². The highest BCUT2D eigenvalue weighted by Gasteiger charge is 1.97. The van der Waals surface area contributed by atoms with Crippen LogP contribution in [0.4, 0.5) is 0 Å². The van der Waals surface area contributed by atoms with Gasteiger partial charge >= 0.3 is 0 Å². The van der Waals surface area contributed by atoms with Crippen molar-refractivity contribution in [2.24, 2.45) is 0 Å². The standard InChI is InChI=1S/C9H7NO2S/c11-13(12)9-6-5-7-3-1-2-4-8(7)10-9/h1-6,13H. The molecule has 0 radical (unpaired) electrons. The number of pyridine rings is 1. The third-order valence-electron chi connectivity index (χ3n) is 1.77. The SMILES string of the molecule is O=[SH](=O)c1ccc2ccccc2n1. The van der Waals surface area contributed by atoms with Crippen molar-refractivity contribution in [3.8, 4) is 0 Å². The largest absolute Gasteiger partial charge is 0.236 e. The third kappa shape index (κ3) is 1.53. The van der Waals surface area contributed by atoms with Crippen molar-refractivity contribution in [3.63, 3.8) is 0 Å². The maximum atomic E-state index is 10.6. The van der Waals surface area contributed by atoms with Gasteiger partial charge in [0.15, 0.2) is 15.7 Å². The van der Waals surface area contributed by atoms with Gasteiger partial charge in [0, 0.05) is 5.39 Å². The van der Waals surface area contributed by atoms with Crippen LogP contribution in [0, 0.1) is 0 Å². The molecule has 0 aliphatic heterocycles. The van der Waals surface area contributed by atoms with E-state index in [-0.39, 0.29) is 5.03 Å². The Morgan fingerprint density at radius 1 is 1.00 bits per heavy atom. The maximum absolute atomic E-state index is 10.6. The molecular formula is C9H7NO2S. The van der Waals surface area contributed by atoms with Crippen LogP contribution in [0.5, 0.6) is 0 Å². The van der Waals surface area contributed by atoms with Crippen LogP contribution in [0.2, 0.25) is 0 Å². The van der Waals surface area contributed by atoms with Crippen molar-refractivity contribution in [1.29, 1.82) is 0 Å². The van der Waals surface area contributed by atoms with E-state index in [1.807, 2.05) is 18.2 Å². The number of benzene rings is 1. The predicted octanol–water partition coefficient (Wildman–Crippen LogP) is 1.21. The molecule has 0 N–H and O–H groups in total. The molecule has 3 nitrogen and oxygen atoms in total. The molecule has 0 saturated heterocycles. The molecule has 1 aromatic carbocycles. The quantitative estimate of drug-likeness (QED) is 0.692. The lowest BCUT2D eigenvalue weighted by Crippen LogP contribution is -1.86. The molecule has 4 heteroatoms. The lowest BCUT2D eigenvalue weighted by molar-refractivity contribution is 0.612. The number of para-hydroxylation sites is 1. The maximum Gasteiger partial charge on any atom is 0.185 e. The molecule has 0 bridgehead atoms. The second-order valence-corrected chi connectivity index (χ2v) is 3.59. The van der Waals surface area contributed by atoms with Crippen LogP contribution in [0.3, 0.4) is 0 Å². The van der Waals surface area contributed by atoms with Gasteiger partial charge in [0.05, 0.1) is 5.52 Å². The first-order valence-corrected chi connectivity index (χ1v) is 4.95. The molecule has 0 fully saturated rings. The van der Waals surface area contributed by atoms with Gasteiger partial charge in [0.1, 0.15) is 0 Å². The Balaban J connectivity index is 2.76. The van der Waals surface area contributed by atoms with Gasteiger partial charge in [-0.05, 0) is 18.2 Å². The Hall–Kier alpha value is -1.42. The Labute approximate surface area is 77.0 Å². The number of nitrogens with zero attached hydrogens (tertiary/aromatic N) is 1. The summed E-state index contributed by atoms with van der Waals surface area (Å²) >= 11 is 0. The molecule has 0 aliphatic carbocycles. The molecule has 0 atom stereocenters. The van der Waals surface area contributed by atoms with E-state index in [1.54, 1.807) is 12.1 Å². The predicted molar refractivity (Wildman–Crippen MR) is 50.3 cm³/mol. The second kappa shape index (κ2) is 3.14. The topological polar surface area (TPSA) is 47.0 Å². The fourth-order valence-electron chi connectivity index (χ4n) is 1.16. The molecule has 0 saturated carbocycles. The number of fused-ring (bicyclic) bond motifs is 1. The Morgan fingerprint density at radius 3 is 2.54 bits per heavy atom. The van der Waals surface area contributed by atoms with Gasteiger partial charge in [-0.15, -0.1) is 0 Å². The Bertz CT molecular complexity index is 512. The fourth-order valence-corrected chi connectivity index (χ4v) is 1.54. The minimum absolute atomic E-state index is 0.119. The van der Waals surface area contributed by atoms with Crippen LogP contribution in [-0.4, -0.2) is 13.4 Å². The fraction of sp³-hybridized carbons (Fsp3) is 0. The van der Waals surface area contributed by atoms with E-state index in [4.69, 9.17) is 0 Å². The molecule has 0 spiro atoms. The van der Waals surface area contributed by atoms with Crippen LogP contribution in [0.25, 0.3) is 10.9 Å². The summed E-state index contributed by atoms with van der Waals surface area (Å²) in [7, 11) is -2.58. The minimum Gasteiger partial charge on any atom is -0.236 e. The first-order valence-electron chi connectivity index (χ1n) is 3.77. The lowest BCUT2D eigenvalue weighted by Gasteiger charge is -1.95. The van der Waals surface area contributed by atoms with E-state index in [9.17, 15) is 8.42 Å². The van der Waals surface area contributed by atoms with Gasteiger partial charge in [0.25, 0.3) is 0 Å². The molecule has 13 heavy (non-hydrogen) atoms. The third-order valence-corrected chi connectivity index (χ3v) is 2.39. The van der Waals surface area contributed by atoms with E-state index < -0.39 is 10.7 Å². The number of rotatable bonds is 1. The van der Waals surface area contributed by atoms with Gasteiger partial charge in [-0.25, -0.2) is 13.4 Å². The summed E-state index contributed by atoms with van der Waals surface area (Å²) in [4.78, 5) is 3.98. The van der Waals surface area contributed by atoms with Crippen molar-refractivity contribution in [2.45, 2.75) is 5.03 Å². The summed E-state index contributed by atoms with van der Waals surface area (Å²) in [6.45, 7) is 0. The molecular weight excluding hydrogens is 186 g/mol. The van der Waals surface area contributed by atoms with Crippen molar-refractivity contribution in [3.05, 3.63) is 36.4 Å². The zero-order chi connectivity index (χ0) is 9.26. The van der Waals surface area contributed by atoms with E-state index in [0.717, 1.165) is 5.39 Å². The smallest absolute Gasteiger partial charge is 0.185 e. The minimum atomic E-state index is -2.58. The summed E-state index contributed by atoms with van der Waals surface area (Å²) in [6, 6.07) is 10.7. The van der Waals surface area contributed by atoms with Crippen molar-refractivity contribution in [2.75, 3.05) is 0 Å². The number of thiol groups is 1. The van der Waals surface area contributed by atoms with Gasteiger partial charge in [-0.1, -0.05) is 18.2 Å². The second-order valence-electron chi connectivity index (χ2n) is 2.62. The van der Waals surface area contributed by atoms with E-state index in [2.05, 4.69) is 4.98 Å². The van der Waals surface area contributed by atoms with Crippen molar-refractivity contribution >= 4 is 21.6 Å². The normalized spacial score (nSPS) is 10.8. The van der Waals surface area contributed by atoms with Crippen molar-refractivity contribution < 1.29 is 8.42 Å². The molecule has 2 rings (SSSR count). The monoisotopic (exact) mass is 193 g/mol. The molecule has 66 valence electrons. The van der Waals surface area contributed by atoms with Crippen LogP contribution in [0.15, 0.2) is 41.4 Å². The van der Waals surface area contributed by atoms with E-state index in [0.29, 0.717) is 5.52 Å². The zero-order valence-corrected chi connectivity index (χ0v) is 7.57. The van der Waals surface area contributed by atoms with Gasteiger partial charge < -0.3 is 0 Å². The molecule has 1 aromatic heterocycles. The summed E-state index contributed by atoms with van der Waals surface area (Å²) < 4.78 is 21.2. The number of aromatic nitrogens is 1. The summed E-state index contributed by atoms with van der Waals surface area (Å²) in [5.41, 5.74) is 0.708. The van der Waals surface area contributed by atoms with E-state index in [1.165, 1.54) is 6.07 Å². The molecule has 0 unspecified atom stereocenters. The van der Waals surface area contributed by atoms with E-state index >= 15 is 0 Å². The average Bonchev–Trinajstić information content (AvgIpc) is 2.17. The van der Waals surface area contributed by atoms with Gasteiger partial charge in [0.2, 0.25) is 0 Å². The summed E-state index contributed by atoms with van der Waals surface area (Å²) in [5.74, 6) is 0. The van der Waals surface area contributed by atoms with Crippen LogP contribution < -0.4 is 0 Å². The Morgan fingerprint density at radius 2 is 1.77 bits per heavy atom. The van der Waals surface area contributed by atoms with Crippen molar-refractivity contribution in [1.82, 2.24) is 4.98 Å². The van der Waals surface area contributed by atoms with Gasteiger partial charge in [-0.2, -0.15) is 0 Å². The number of hydrogen-bond donors (Lipinski definition) is 1. The highest BCUT2D eigenvalue weighted by molar-refractivity contribution is 7.72. The molecule has 0 amide bonds. The molecule has 0 aliphatic rings. The number of hydrogen-bond acceptors (Lipinski definition) is 3. The highest BCUT2D eigenvalue weighted by atomic mass is 32.2. The summed E-state index contributed by atoms with van der Waals surface area (Å²) in [6.07, 6.45) is 0. The molecule has 1 heterocycles. The zero-order valence-electron chi connectivity index (χ0n) is 6.68. The highest BCUT2D eigenvalue weighted by Crippen LogP contribution is 2.11. The Kier molecular flexibility index (Phi) is 1.98. The average molecular weight is 193 g/mol. The van der Waals surface area contributed by atoms with Crippen LogP contribution >= 0.6 is 0 Å². The lowest BCUT2D eigenvalue weighted by atomic mass is 10.2. The first kappa shape index (κ1) is 8.19.